The van der Waals surface area contributed by atoms with Gasteiger partial charge in [-0.2, -0.15) is 0 Å². The Morgan fingerprint density at radius 1 is 0.808 bits per heavy atom. The quantitative estimate of drug-likeness (QED) is 0.394. The molecule has 0 rings (SSSR count). The second kappa shape index (κ2) is 28.1. The lowest BCUT2D eigenvalue weighted by molar-refractivity contribution is 0.594. The van der Waals surface area contributed by atoms with Crippen molar-refractivity contribution in [1.82, 2.24) is 31.3 Å². The van der Waals surface area contributed by atoms with E-state index in [2.05, 4.69) is 58.0 Å². The SMILES string of the molecule is C=C(C)NC.C=C(CC)NC.C=C(NC)NC.CNC.CNS(C)(=O)=O. The van der Waals surface area contributed by atoms with E-state index in [0.29, 0.717) is 0 Å². The zero-order chi connectivity index (χ0) is 22.2. The molecule has 0 unspecified atom stereocenters. The van der Waals surface area contributed by atoms with Gasteiger partial charge in [0.15, 0.2) is 0 Å². The second-order valence-electron chi connectivity index (χ2n) is 4.69. The van der Waals surface area contributed by atoms with E-state index in [4.69, 9.17) is 0 Å². The molecule has 0 aliphatic carbocycles. The van der Waals surface area contributed by atoms with Crippen LogP contribution >= 0.6 is 0 Å². The molecule has 0 aliphatic rings. The van der Waals surface area contributed by atoms with Gasteiger partial charge in [-0.25, -0.2) is 13.1 Å². The summed E-state index contributed by atoms with van der Waals surface area (Å²) >= 11 is 0. The van der Waals surface area contributed by atoms with Crippen LogP contribution < -0.4 is 31.3 Å². The molecule has 0 amide bonds. The third-order valence-corrected chi connectivity index (χ3v) is 2.92. The average Bonchev–Trinajstić information content (AvgIpc) is 2.61. The first-order chi connectivity index (χ1) is 11.9. The molecule has 6 N–H and O–H groups in total. The van der Waals surface area contributed by atoms with Gasteiger partial charge in [0, 0.05) is 33.9 Å². The summed E-state index contributed by atoms with van der Waals surface area (Å²) in [7, 11) is 9.58. The normalized spacial score (nSPS) is 8.08. The molecular formula is C17H44N6O2S. The summed E-state index contributed by atoms with van der Waals surface area (Å²) in [6.45, 7) is 14.8. The Kier molecular flexibility index (Phi) is 38.3. The highest BCUT2D eigenvalue weighted by atomic mass is 32.2. The Bertz CT molecular complexity index is 395. The van der Waals surface area contributed by atoms with E-state index in [9.17, 15) is 8.42 Å². The van der Waals surface area contributed by atoms with Crippen molar-refractivity contribution in [3.63, 3.8) is 0 Å². The van der Waals surface area contributed by atoms with Crippen LogP contribution in [0, 0.1) is 0 Å². The van der Waals surface area contributed by atoms with Gasteiger partial charge < -0.3 is 26.6 Å². The number of sulfonamides is 1. The average molecular weight is 397 g/mol. The Morgan fingerprint density at radius 3 is 1.08 bits per heavy atom. The molecule has 0 atom stereocenters. The molecule has 0 saturated carbocycles. The van der Waals surface area contributed by atoms with Crippen LogP contribution in [0.3, 0.4) is 0 Å². The van der Waals surface area contributed by atoms with Crippen LogP contribution in [-0.4, -0.2) is 64.0 Å². The van der Waals surface area contributed by atoms with E-state index in [1.54, 1.807) is 0 Å². The molecule has 0 spiro atoms. The van der Waals surface area contributed by atoms with Gasteiger partial charge in [-0.05, 0) is 40.2 Å². The standard InChI is InChI=1S/C5H11N.C4H10N2.C4H9N.C2H7NO2S.C2H7N/c1-4-5(2)6-3;1-4(5-2)6-3;1-4(2)5-3;1-3-6(2,4)5;1-3-2/h6H,2,4H2,1,3H3;5-6H,1H2,2-3H3;5H,1H2,2-3H3;3H,1-2H3;3H,1-2H3. The van der Waals surface area contributed by atoms with Crippen molar-refractivity contribution in [3.05, 3.63) is 37.0 Å². The number of hydrogen-bond acceptors (Lipinski definition) is 7. The van der Waals surface area contributed by atoms with E-state index in [1.165, 1.54) is 7.05 Å². The van der Waals surface area contributed by atoms with Crippen molar-refractivity contribution in [1.29, 1.82) is 0 Å². The molecule has 8 nitrogen and oxygen atoms in total. The van der Waals surface area contributed by atoms with Crippen LogP contribution in [0.1, 0.15) is 20.3 Å². The maximum Gasteiger partial charge on any atom is 0.208 e. The van der Waals surface area contributed by atoms with Crippen LogP contribution in [-0.2, 0) is 10.0 Å². The fourth-order valence-corrected chi connectivity index (χ4v) is 0.302. The summed E-state index contributed by atoms with van der Waals surface area (Å²) < 4.78 is 21.9. The van der Waals surface area contributed by atoms with Gasteiger partial charge in [0.25, 0.3) is 0 Å². The van der Waals surface area contributed by atoms with Crippen molar-refractivity contribution >= 4 is 10.0 Å². The molecule has 0 aromatic carbocycles. The van der Waals surface area contributed by atoms with Crippen LogP contribution in [0.2, 0.25) is 0 Å². The highest BCUT2D eigenvalue weighted by molar-refractivity contribution is 7.88. The second-order valence-corrected chi connectivity index (χ2v) is 6.64. The molecule has 0 bridgehead atoms. The van der Waals surface area contributed by atoms with E-state index in [0.717, 1.165) is 29.9 Å². The summed E-state index contributed by atoms with van der Waals surface area (Å²) in [6.07, 6.45) is 2.13. The Morgan fingerprint density at radius 2 is 1.08 bits per heavy atom. The van der Waals surface area contributed by atoms with Gasteiger partial charge in [0.1, 0.15) is 0 Å². The first kappa shape index (κ1) is 35.4. The van der Waals surface area contributed by atoms with Crippen molar-refractivity contribution in [2.24, 2.45) is 0 Å². The molecule has 0 heterocycles. The number of hydrogen-bond donors (Lipinski definition) is 6. The third-order valence-electron chi connectivity index (χ3n) is 2.18. The fourth-order valence-electron chi connectivity index (χ4n) is 0.302. The molecule has 9 heteroatoms. The summed E-state index contributed by atoms with van der Waals surface area (Å²) in [4.78, 5) is 0. The summed E-state index contributed by atoms with van der Waals surface area (Å²) in [5.74, 6) is 0.843. The Labute approximate surface area is 163 Å². The van der Waals surface area contributed by atoms with Crippen molar-refractivity contribution < 1.29 is 8.42 Å². The first-order valence-electron chi connectivity index (χ1n) is 8.07. The fraction of sp³-hybridized carbons (Fsp3) is 0.647. The van der Waals surface area contributed by atoms with E-state index < -0.39 is 10.0 Å². The molecule has 160 valence electrons. The van der Waals surface area contributed by atoms with E-state index in [1.807, 2.05) is 49.2 Å². The third kappa shape index (κ3) is 79.3. The highest BCUT2D eigenvalue weighted by Crippen LogP contribution is 1.84. The predicted molar refractivity (Wildman–Crippen MR) is 119 cm³/mol. The number of rotatable bonds is 6. The Hall–Kier alpha value is -1.71. The summed E-state index contributed by atoms with van der Waals surface area (Å²) in [5, 5.41) is 14.1. The van der Waals surface area contributed by atoms with Gasteiger partial charge in [-0.1, -0.05) is 26.7 Å². The zero-order valence-corrected chi connectivity index (χ0v) is 19.4. The van der Waals surface area contributed by atoms with Crippen molar-refractivity contribution in [3.8, 4) is 0 Å². The monoisotopic (exact) mass is 396 g/mol. The Balaban J connectivity index is -0.0000000719. The van der Waals surface area contributed by atoms with Crippen LogP contribution in [0.15, 0.2) is 37.0 Å². The summed E-state index contributed by atoms with van der Waals surface area (Å²) in [5.41, 5.74) is 2.10. The van der Waals surface area contributed by atoms with Gasteiger partial charge in [0.2, 0.25) is 10.0 Å². The summed E-state index contributed by atoms with van der Waals surface area (Å²) in [6, 6.07) is 0. The highest BCUT2D eigenvalue weighted by Gasteiger charge is 1.88. The molecule has 0 aromatic heterocycles. The smallest absolute Gasteiger partial charge is 0.208 e. The van der Waals surface area contributed by atoms with Crippen molar-refractivity contribution in [2.75, 3.05) is 55.6 Å². The van der Waals surface area contributed by atoms with Gasteiger partial charge >= 0.3 is 0 Å². The topological polar surface area (TPSA) is 106 Å². The first-order valence-corrected chi connectivity index (χ1v) is 9.96. The van der Waals surface area contributed by atoms with Crippen LogP contribution in [0.5, 0.6) is 0 Å². The lowest BCUT2D eigenvalue weighted by atomic mass is 10.4. The largest absolute Gasteiger partial charge is 0.392 e. The predicted octanol–water partition coefficient (Wildman–Crippen LogP) is 0.766. The van der Waals surface area contributed by atoms with Gasteiger partial charge in [0.05, 0.1) is 12.1 Å². The number of nitrogens with one attached hydrogen (secondary N) is 6. The molecule has 0 aromatic rings. The minimum atomic E-state index is -2.91. The van der Waals surface area contributed by atoms with Crippen LogP contribution in [0.25, 0.3) is 0 Å². The van der Waals surface area contributed by atoms with Crippen molar-refractivity contribution in [2.45, 2.75) is 20.3 Å². The van der Waals surface area contributed by atoms with Gasteiger partial charge in [-0.15, -0.1) is 0 Å². The minimum Gasteiger partial charge on any atom is -0.392 e. The maximum atomic E-state index is 9.89. The molecule has 0 saturated heterocycles. The molecule has 0 fully saturated rings. The maximum absolute atomic E-state index is 9.89. The number of allylic oxidation sites excluding steroid dienone is 2. The van der Waals surface area contributed by atoms with Crippen LogP contribution in [0.4, 0.5) is 0 Å². The molecular weight excluding hydrogens is 352 g/mol. The van der Waals surface area contributed by atoms with E-state index >= 15 is 0 Å². The molecule has 0 radical (unpaired) electrons. The van der Waals surface area contributed by atoms with E-state index in [-0.39, 0.29) is 0 Å². The zero-order valence-electron chi connectivity index (χ0n) is 18.6. The minimum absolute atomic E-state index is 0.843. The van der Waals surface area contributed by atoms with Gasteiger partial charge in [-0.3, -0.25) is 0 Å². The molecule has 0 aliphatic heterocycles. The lowest BCUT2D eigenvalue weighted by Crippen LogP contribution is -2.17. The molecule has 26 heavy (non-hydrogen) atoms. The lowest BCUT2D eigenvalue weighted by Gasteiger charge is -1.98.